The highest BCUT2D eigenvalue weighted by Crippen LogP contribution is 2.08. The number of H-pyrrole nitrogens is 1. The minimum atomic E-state index is -0.955. The van der Waals surface area contributed by atoms with E-state index < -0.39 is 5.97 Å². The first-order chi connectivity index (χ1) is 7.70. The molecule has 0 aliphatic rings. The topological polar surface area (TPSA) is 96.7 Å². The summed E-state index contributed by atoms with van der Waals surface area (Å²) in [4.78, 5) is 10.9. The predicted octanol–water partition coefficient (Wildman–Crippen LogP) is 0.310. The number of hydrogen-bond acceptors (Lipinski definition) is 4. The lowest BCUT2D eigenvalue weighted by atomic mass is 10.2. The number of carbonyl (C=O) groups is 1. The van der Waals surface area contributed by atoms with E-state index in [0.29, 0.717) is 24.4 Å². The SMILES string of the molecule is CCc1nn(Cc2c[nH]nn2)cc1C(=O)O. The Bertz CT molecular complexity index is 488. The van der Waals surface area contributed by atoms with E-state index in [9.17, 15) is 4.79 Å². The van der Waals surface area contributed by atoms with Crippen molar-refractivity contribution in [3.63, 3.8) is 0 Å². The Morgan fingerprint density at radius 2 is 2.44 bits per heavy atom. The minimum absolute atomic E-state index is 0.242. The Morgan fingerprint density at radius 1 is 1.62 bits per heavy atom. The molecule has 16 heavy (non-hydrogen) atoms. The van der Waals surface area contributed by atoms with Gasteiger partial charge in [0.2, 0.25) is 0 Å². The first-order valence-corrected chi connectivity index (χ1v) is 4.85. The number of nitrogens with zero attached hydrogens (tertiary/aromatic N) is 4. The van der Waals surface area contributed by atoms with Crippen LogP contribution in [0.4, 0.5) is 0 Å². The maximum Gasteiger partial charge on any atom is 0.339 e. The first-order valence-electron chi connectivity index (χ1n) is 4.85. The van der Waals surface area contributed by atoms with Crippen molar-refractivity contribution in [1.82, 2.24) is 25.2 Å². The average molecular weight is 221 g/mol. The molecule has 0 aromatic carbocycles. The van der Waals surface area contributed by atoms with Crippen LogP contribution in [0.1, 0.15) is 28.7 Å². The number of aryl methyl sites for hydroxylation is 1. The number of aromatic nitrogens is 5. The summed E-state index contributed by atoms with van der Waals surface area (Å²) in [6.07, 6.45) is 3.75. The summed E-state index contributed by atoms with van der Waals surface area (Å²) in [7, 11) is 0. The predicted molar refractivity (Wildman–Crippen MR) is 54.0 cm³/mol. The zero-order valence-corrected chi connectivity index (χ0v) is 8.71. The molecule has 0 aliphatic heterocycles. The molecule has 2 aromatic heterocycles. The Labute approximate surface area is 91.1 Å². The molecule has 0 fully saturated rings. The zero-order valence-electron chi connectivity index (χ0n) is 8.71. The molecular formula is C9H11N5O2. The molecule has 2 heterocycles. The van der Waals surface area contributed by atoms with Crippen LogP contribution in [-0.2, 0) is 13.0 Å². The fourth-order valence-electron chi connectivity index (χ4n) is 1.45. The highest BCUT2D eigenvalue weighted by molar-refractivity contribution is 5.88. The van der Waals surface area contributed by atoms with Gasteiger partial charge < -0.3 is 5.11 Å². The average Bonchev–Trinajstić information content (AvgIpc) is 2.87. The van der Waals surface area contributed by atoms with Gasteiger partial charge in [-0.25, -0.2) is 4.79 Å². The van der Waals surface area contributed by atoms with Crippen LogP contribution in [0.25, 0.3) is 0 Å². The van der Waals surface area contributed by atoms with Gasteiger partial charge in [-0.1, -0.05) is 12.1 Å². The van der Waals surface area contributed by atoms with E-state index in [-0.39, 0.29) is 5.56 Å². The Morgan fingerprint density at radius 3 is 2.94 bits per heavy atom. The van der Waals surface area contributed by atoms with Gasteiger partial charge in [0.05, 0.1) is 12.2 Å². The number of rotatable bonds is 4. The van der Waals surface area contributed by atoms with Gasteiger partial charge in [-0.15, -0.1) is 5.10 Å². The molecule has 0 unspecified atom stereocenters. The van der Waals surface area contributed by atoms with Crippen molar-refractivity contribution in [1.29, 1.82) is 0 Å². The molecule has 7 heteroatoms. The van der Waals surface area contributed by atoms with Gasteiger partial charge in [-0.2, -0.15) is 5.10 Å². The molecule has 0 radical (unpaired) electrons. The second-order valence-electron chi connectivity index (χ2n) is 3.31. The maximum absolute atomic E-state index is 10.9. The summed E-state index contributed by atoms with van der Waals surface area (Å²) < 4.78 is 1.56. The van der Waals surface area contributed by atoms with Crippen molar-refractivity contribution in [3.05, 3.63) is 29.3 Å². The van der Waals surface area contributed by atoms with E-state index in [1.165, 1.54) is 6.20 Å². The van der Waals surface area contributed by atoms with Crippen molar-refractivity contribution >= 4 is 5.97 Å². The molecule has 84 valence electrons. The fraction of sp³-hybridized carbons (Fsp3) is 0.333. The lowest BCUT2D eigenvalue weighted by Gasteiger charge is -1.95. The van der Waals surface area contributed by atoms with Crippen LogP contribution >= 0.6 is 0 Å². The molecule has 2 aromatic rings. The van der Waals surface area contributed by atoms with Crippen molar-refractivity contribution in [2.75, 3.05) is 0 Å². The second kappa shape index (κ2) is 4.13. The van der Waals surface area contributed by atoms with Crippen LogP contribution in [0, 0.1) is 0 Å². The molecule has 7 nitrogen and oxygen atoms in total. The first kappa shape index (κ1) is 10.3. The third-order valence-corrected chi connectivity index (χ3v) is 2.19. The van der Waals surface area contributed by atoms with E-state index in [4.69, 9.17) is 5.11 Å². The monoisotopic (exact) mass is 221 g/mol. The third-order valence-electron chi connectivity index (χ3n) is 2.19. The quantitative estimate of drug-likeness (QED) is 0.774. The van der Waals surface area contributed by atoms with Crippen molar-refractivity contribution in [3.8, 4) is 0 Å². The van der Waals surface area contributed by atoms with E-state index >= 15 is 0 Å². The summed E-state index contributed by atoms with van der Waals surface area (Å²) in [6.45, 7) is 2.28. The standard InChI is InChI=1S/C9H11N5O2/c1-2-8-7(9(15)16)5-14(12-8)4-6-3-10-13-11-6/h3,5H,2,4H2,1H3,(H,15,16)(H,10,11,13). The van der Waals surface area contributed by atoms with Crippen LogP contribution in [0.2, 0.25) is 0 Å². The van der Waals surface area contributed by atoms with Gasteiger partial charge in [-0.3, -0.25) is 9.78 Å². The summed E-state index contributed by atoms with van der Waals surface area (Å²) in [5.41, 5.74) is 1.53. The molecule has 0 saturated carbocycles. The number of aromatic amines is 1. The normalized spacial score (nSPS) is 10.6. The van der Waals surface area contributed by atoms with Gasteiger partial charge in [0, 0.05) is 12.4 Å². The molecule has 0 aliphatic carbocycles. The van der Waals surface area contributed by atoms with Gasteiger partial charge in [0.1, 0.15) is 11.3 Å². The van der Waals surface area contributed by atoms with Crippen LogP contribution in [0.5, 0.6) is 0 Å². The Hall–Kier alpha value is -2.18. The van der Waals surface area contributed by atoms with Gasteiger partial charge >= 0.3 is 5.97 Å². The number of aromatic carboxylic acids is 1. The van der Waals surface area contributed by atoms with Crippen LogP contribution in [0.15, 0.2) is 12.4 Å². The van der Waals surface area contributed by atoms with E-state index in [1.54, 1.807) is 10.9 Å². The van der Waals surface area contributed by atoms with Crippen molar-refractivity contribution in [2.45, 2.75) is 19.9 Å². The largest absolute Gasteiger partial charge is 0.478 e. The van der Waals surface area contributed by atoms with Crippen molar-refractivity contribution in [2.24, 2.45) is 0 Å². The number of carboxylic acids is 1. The van der Waals surface area contributed by atoms with E-state index in [2.05, 4.69) is 20.5 Å². The number of carboxylic acid groups (broad SMARTS) is 1. The minimum Gasteiger partial charge on any atom is -0.478 e. The lowest BCUT2D eigenvalue weighted by Crippen LogP contribution is -2.01. The molecule has 0 spiro atoms. The number of hydrogen-bond donors (Lipinski definition) is 2. The summed E-state index contributed by atoms with van der Waals surface area (Å²) >= 11 is 0. The molecule has 2 rings (SSSR count). The molecule has 0 saturated heterocycles. The van der Waals surface area contributed by atoms with Crippen molar-refractivity contribution < 1.29 is 9.90 Å². The van der Waals surface area contributed by atoms with Crippen LogP contribution in [-0.4, -0.2) is 36.3 Å². The highest BCUT2D eigenvalue weighted by atomic mass is 16.4. The summed E-state index contributed by atoms with van der Waals surface area (Å²) in [5, 5.41) is 23.1. The van der Waals surface area contributed by atoms with E-state index in [0.717, 1.165) is 0 Å². The molecule has 2 N–H and O–H groups in total. The smallest absolute Gasteiger partial charge is 0.339 e. The molecule has 0 amide bonds. The van der Waals surface area contributed by atoms with Crippen LogP contribution < -0.4 is 0 Å². The molecular weight excluding hydrogens is 210 g/mol. The van der Waals surface area contributed by atoms with Gasteiger partial charge in [0.15, 0.2) is 0 Å². The van der Waals surface area contributed by atoms with Gasteiger partial charge in [-0.05, 0) is 6.42 Å². The Balaban J connectivity index is 2.26. The van der Waals surface area contributed by atoms with Crippen LogP contribution in [0.3, 0.4) is 0 Å². The second-order valence-corrected chi connectivity index (χ2v) is 3.31. The highest BCUT2D eigenvalue weighted by Gasteiger charge is 2.14. The molecule has 0 bridgehead atoms. The zero-order chi connectivity index (χ0) is 11.5. The number of nitrogens with one attached hydrogen (secondary N) is 1. The third kappa shape index (κ3) is 1.92. The van der Waals surface area contributed by atoms with Gasteiger partial charge in [0.25, 0.3) is 0 Å². The van der Waals surface area contributed by atoms with E-state index in [1.807, 2.05) is 6.92 Å². The summed E-state index contributed by atoms with van der Waals surface area (Å²) in [6, 6.07) is 0. The maximum atomic E-state index is 10.9. The molecule has 0 atom stereocenters. The fourth-order valence-corrected chi connectivity index (χ4v) is 1.45. The summed E-state index contributed by atoms with van der Waals surface area (Å²) in [5.74, 6) is -0.955. The Kier molecular flexibility index (Phi) is 2.67. The lowest BCUT2D eigenvalue weighted by molar-refractivity contribution is 0.0695.